The number of fused-ring (bicyclic) bond motifs is 1. The lowest BCUT2D eigenvalue weighted by Crippen LogP contribution is -2.17. The highest BCUT2D eigenvalue weighted by Crippen LogP contribution is 2.65. The third-order valence-electron chi connectivity index (χ3n) is 2.81. The van der Waals surface area contributed by atoms with Crippen LogP contribution >= 0.6 is 11.8 Å². The summed E-state index contributed by atoms with van der Waals surface area (Å²) in [5.74, 6) is 0. The van der Waals surface area contributed by atoms with Gasteiger partial charge in [0, 0.05) is 5.70 Å². The summed E-state index contributed by atoms with van der Waals surface area (Å²) in [4.78, 5) is 0. The molecule has 1 nitrogen and oxygen atoms in total. The Bertz CT molecular complexity index is 421. The third kappa shape index (κ3) is 0.976. The maximum atomic E-state index is 5.93. The van der Waals surface area contributed by atoms with E-state index in [1.54, 1.807) is 0 Å². The van der Waals surface area contributed by atoms with E-state index >= 15 is 0 Å². The molecule has 14 heavy (non-hydrogen) atoms. The normalized spacial score (nSPS) is 33.4. The van der Waals surface area contributed by atoms with E-state index in [-0.39, 0.29) is 4.75 Å². The quantitative estimate of drug-likeness (QED) is 0.706. The summed E-state index contributed by atoms with van der Waals surface area (Å²) in [6.45, 7) is 0. The van der Waals surface area contributed by atoms with Crippen LogP contribution in [0.1, 0.15) is 5.56 Å². The molecule has 1 aliphatic carbocycles. The molecule has 0 saturated carbocycles. The molecule has 0 aromatic heterocycles. The molecule has 2 atom stereocenters. The Balaban J connectivity index is 2.04. The standard InChI is InChI=1S/C12H11NS/c13-10-7-4-8-12(11(10)14-12)9-5-2-1-3-6-9/h1-8,11H,13H2. The first kappa shape index (κ1) is 8.18. The molecule has 3 rings (SSSR count). The van der Waals surface area contributed by atoms with Gasteiger partial charge in [-0.15, -0.1) is 11.8 Å². The van der Waals surface area contributed by atoms with E-state index in [0.29, 0.717) is 5.25 Å². The van der Waals surface area contributed by atoms with Crippen LogP contribution in [-0.4, -0.2) is 5.25 Å². The van der Waals surface area contributed by atoms with Crippen LogP contribution in [0.15, 0.2) is 54.3 Å². The van der Waals surface area contributed by atoms with Crippen molar-refractivity contribution in [1.82, 2.24) is 0 Å². The summed E-state index contributed by atoms with van der Waals surface area (Å²) in [6, 6.07) is 10.6. The fourth-order valence-electron chi connectivity index (χ4n) is 2.01. The Labute approximate surface area is 87.7 Å². The summed E-state index contributed by atoms with van der Waals surface area (Å²) in [6.07, 6.45) is 6.33. The average Bonchev–Trinajstić information content (AvgIpc) is 2.97. The molecule has 2 heteroatoms. The molecule has 1 aromatic rings. The Morgan fingerprint density at radius 1 is 1.21 bits per heavy atom. The van der Waals surface area contributed by atoms with Crippen LogP contribution in [0.4, 0.5) is 0 Å². The smallest absolute Gasteiger partial charge is 0.0772 e. The second-order valence-electron chi connectivity index (χ2n) is 3.68. The number of hydrogen-bond donors (Lipinski definition) is 1. The lowest BCUT2D eigenvalue weighted by molar-refractivity contribution is 0.860. The van der Waals surface area contributed by atoms with Crippen LogP contribution in [0.5, 0.6) is 0 Å². The van der Waals surface area contributed by atoms with Crippen LogP contribution in [0, 0.1) is 0 Å². The van der Waals surface area contributed by atoms with Gasteiger partial charge in [-0.25, -0.2) is 0 Å². The van der Waals surface area contributed by atoms with E-state index in [1.165, 1.54) is 5.56 Å². The molecule has 0 amide bonds. The summed E-state index contributed by atoms with van der Waals surface area (Å²) in [5.41, 5.74) is 8.30. The Kier molecular flexibility index (Phi) is 1.56. The van der Waals surface area contributed by atoms with Gasteiger partial charge in [0.05, 0.1) is 10.00 Å². The molecule has 2 aliphatic rings. The molecule has 2 unspecified atom stereocenters. The molecule has 1 heterocycles. The molecule has 1 aliphatic heterocycles. The van der Waals surface area contributed by atoms with Crippen molar-refractivity contribution in [3.8, 4) is 0 Å². The van der Waals surface area contributed by atoms with Gasteiger partial charge in [-0.2, -0.15) is 0 Å². The number of benzene rings is 1. The fourth-order valence-corrected chi connectivity index (χ4v) is 3.32. The molecular weight excluding hydrogens is 190 g/mol. The number of allylic oxidation sites excluding steroid dienone is 2. The van der Waals surface area contributed by atoms with Gasteiger partial charge >= 0.3 is 0 Å². The van der Waals surface area contributed by atoms with Crippen molar-refractivity contribution in [3.05, 3.63) is 59.8 Å². The Morgan fingerprint density at radius 2 is 2.00 bits per heavy atom. The average molecular weight is 201 g/mol. The van der Waals surface area contributed by atoms with Gasteiger partial charge in [0.25, 0.3) is 0 Å². The van der Waals surface area contributed by atoms with Crippen molar-refractivity contribution >= 4 is 11.8 Å². The zero-order valence-electron chi connectivity index (χ0n) is 7.68. The Hall–Kier alpha value is -1.15. The second kappa shape index (κ2) is 2.67. The van der Waals surface area contributed by atoms with Gasteiger partial charge in [0.1, 0.15) is 0 Å². The van der Waals surface area contributed by atoms with Crippen molar-refractivity contribution in [2.45, 2.75) is 10.00 Å². The van der Waals surface area contributed by atoms with E-state index in [0.717, 1.165) is 5.70 Å². The predicted molar refractivity (Wildman–Crippen MR) is 60.9 cm³/mol. The van der Waals surface area contributed by atoms with E-state index in [2.05, 4.69) is 36.4 Å². The zero-order chi connectivity index (χ0) is 9.60. The minimum Gasteiger partial charge on any atom is -0.401 e. The molecule has 70 valence electrons. The predicted octanol–water partition coefficient (Wildman–Crippen LogP) is 2.41. The molecule has 2 N–H and O–H groups in total. The van der Waals surface area contributed by atoms with E-state index in [4.69, 9.17) is 5.73 Å². The molecule has 1 saturated heterocycles. The van der Waals surface area contributed by atoms with Crippen molar-refractivity contribution in [1.29, 1.82) is 0 Å². The van der Waals surface area contributed by atoms with Gasteiger partial charge in [0.15, 0.2) is 0 Å². The minimum atomic E-state index is 0.153. The van der Waals surface area contributed by atoms with Crippen molar-refractivity contribution in [3.63, 3.8) is 0 Å². The van der Waals surface area contributed by atoms with Gasteiger partial charge in [-0.3, -0.25) is 0 Å². The number of nitrogens with two attached hydrogens (primary N) is 1. The molecule has 1 fully saturated rings. The first-order valence-corrected chi connectivity index (χ1v) is 5.59. The van der Waals surface area contributed by atoms with E-state index in [9.17, 15) is 0 Å². The molecule has 0 bridgehead atoms. The molecule has 0 spiro atoms. The van der Waals surface area contributed by atoms with E-state index < -0.39 is 0 Å². The molecule has 0 radical (unpaired) electrons. The number of thioether (sulfide) groups is 1. The van der Waals surface area contributed by atoms with Crippen LogP contribution < -0.4 is 5.73 Å². The molecular formula is C12H11NS. The largest absolute Gasteiger partial charge is 0.401 e. The fraction of sp³-hybridized carbons (Fsp3) is 0.167. The van der Waals surface area contributed by atoms with Crippen molar-refractivity contribution in [2.75, 3.05) is 0 Å². The Morgan fingerprint density at radius 3 is 2.79 bits per heavy atom. The summed E-state index contributed by atoms with van der Waals surface area (Å²) in [7, 11) is 0. The minimum absolute atomic E-state index is 0.153. The first-order chi connectivity index (χ1) is 6.83. The van der Waals surface area contributed by atoms with Crippen LogP contribution in [0.2, 0.25) is 0 Å². The SMILES string of the molecule is NC1=CC=CC2(c3ccccc3)SC12. The topological polar surface area (TPSA) is 26.0 Å². The van der Waals surface area contributed by atoms with Crippen LogP contribution in [0.25, 0.3) is 0 Å². The summed E-state index contributed by atoms with van der Waals surface area (Å²) in [5, 5.41) is 0.468. The van der Waals surface area contributed by atoms with Crippen molar-refractivity contribution < 1.29 is 0 Å². The van der Waals surface area contributed by atoms with Crippen LogP contribution in [0.3, 0.4) is 0 Å². The first-order valence-electron chi connectivity index (χ1n) is 4.71. The number of rotatable bonds is 1. The highest BCUT2D eigenvalue weighted by molar-refractivity contribution is 8.08. The van der Waals surface area contributed by atoms with Gasteiger partial charge < -0.3 is 5.73 Å². The molecule has 1 aromatic carbocycles. The van der Waals surface area contributed by atoms with Gasteiger partial charge in [-0.05, 0) is 11.6 Å². The summed E-state index contributed by atoms with van der Waals surface area (Å²) < 4.78 is 0.153. The zero-order valence-corrected chi connectivity index (χ0v) is 8.50. The van der Waals surface area contributed by atoms with E-state index in [1.807, 2.05) is 23.9 Å². The van der Waals surface area contributed by atoms with Gasteiger partial charge in [-0.1, -0.05) is 42.5 Å². The monoisotopic (exact) mass is 201 g/mol. The van der Waals surface area contributed by atoms with Gasteiger partial charge in [0.2, 0.25) is 0 Å². The maximum Gasteiger partial charge on any atom is 0.0772 e. The lowest BCUT2D eigenvalue weighted by atomic mass is 9.91. The third-order valence-corrected chi connectivity index (χ3v) is 4.43. The second-order valence-corrected chi connectivity index (χ2v) is 5.07. The lowest BCUT2D eigenvalue weighted by Gasteiger charge is -2.13. The maximum absolute atomic E-state index is 5.93. The number of hydrogen-bond acceptors (Lipinski definition) is 2. The van der Waals surface area contributed by atoms with Crippen molar-refractivity contribution in [2.24, 2.45) is 5.73 Å². The summed E-state index contributed by atoms with van der Waals surface area (Å²) >= 11 is 1.93. The highest BCUT2D eigenvalue weighted by atomic mass is 32.2. The van der Waals surface area contributed by atoms with Crippen LogP contribution in [-0.2, 0) is 4.75 Å². The highest BCUT2D eigenvalue weighted by Gasteiger charge is 2.57.